The average molecular weight is 833 g/mol. The lowest BCUT2D eigenvalue weighted by Crippen LogP contribution is -2.14. The Kier molecular flexibility index (Phi) is 12.1. The largest absolute Gasteiger partial charge is 0.491 e. The van der Waals surface area contributed by atoms with Crippen LogP contribution in [0.5, 0.6) is 5.75 Å². The Hall–Kier alpha value is -6.88. The summed E-state index contributed by atoms with van der Waals surface area (Å²) in [6, 6.07) is 48.5. The zero-order valence-electron chi connectivity index (χ0n) is 35.0. The van der Waals surface area contributed by atoms with Crippen LogP contribution in [0.4, 0.5) is 0 Å². The molecule has 9 nitrogen and oxygen atoms in total. The topological polar surface area (TPSA) is 92.7 Å². The summed E-state index contributed by atoms with van der Waals surface area (Å²) in [4.78, 5) is 14.9. The number of aromatic amines is 1. The van der Waals surface area contributed by atoms with Crippen molar-refractivity contribution in [3.05, 3.63) is 162 Å². The van der Waals surface area contributed by atoms with Gasteiger partial charge in [0, 0.05) is 45.4 Å². The molecule has 0 unspecified atom stereocenters. The van der Waals surface area contributed by atoms with E-state index in [0.29, 0.717) is 66.0 Å². The molecule has 0 spiro atoms. The molecule has 3 aliphatic heterocycles. The third-order valence-electron chi connectivity index (χ3n) is 11.4. The van der Waals surface area contributed by atoms with Crippen molar-refractivity contribution in [2.75, 3.05) is 59.5 Å². The Balaban J connectivity index is 1.33. The minimum Gasteiger partial charge on any atom is -0.491 e. The smallest absolute Gasteiger partial charge is 0.127 e. The number of aromatic nitrogens is 4. The van der Waals surface area contributed by atoms with Gasteiger partial charge in [0.05, 0.1) is 86.7 Å². The fraction of sp³-hybridized carbons (Fsp3) is 0.185. The molecule has 314 valence electrons. The third kappa shape index (κ3) is 8.65. The number of nitrogens with zero attached hydrogens (tertiary/aromatic N) is 3. The molecular formula is C54H48N4O5. The number of fused-ring (bicyclic) bond motifs is 7. The van der Waals surface area contributed by atoms with Gasteiger partial charge in [0.2, 0.25) is 0 Å². The molecular weight excluding hydrogens is 785 g/mol. The van der Waals surface area contributed by atoms with Crippen LogP contribution in [0.25, 0.3) is 90.9 Å². The summed E-state index contributed by atoms with van der Waals surface area (Å²) in [5.74, 6) is 0.735. The first kappa shape index (κ1) is 40.2. The zero-order valence-corrected chi connectivity index (χ0v) is 35.0. The standard InChI is InChI=1S/C54H48N4O5/c1-4-12-38(13-5-1)51-42-20-22-44(55-42)52(39-14-6-2-7-15-39)48-26-27-49-53(40-16-8-3-9-17-40)45-23-25-47(57-45)54(46-24-21-43(51)56-46)41-18-10-11-19-50(41)63-37-36-62-35-34-61-33-32-60-31-30-59-29-28-58(48)49/h1-27,56H,28-37H2. The Morgan fingerprint density at radius 3 is 1.33 bits per heavy atom. The van der Waals surface area contributed by atoms with Gasteiger partial charge in [-0.15, -0.1) is 0 Å². The third-order valence-corrected chi connectivity index (χ3v) is 11.4. The van der Waals surface area contributed by atoms with Crippen molar-refractivity contribution in [2.24, 2.45) is 0 Å². The SMILES string of the molecule is C1=Cc2nc1c(-c1ccccc1)c1ccc([nH]1)c1c3nc(c(-c4ccccc4)c4ccc(c2-c2ccccc2)n4CCOCCOCCOCCOCCOc2ccccc2-1)C=C3. The maximum absolute atomic E-state index is 6.51. The Bertz CT molecular complexity index is 2940. The van der Waals surface area contributed by atoms with Gasteiger partial charge in [0.25, 0.3) is 0 Å². The van der Waals surface area contributed by atoms with Gasteiger partial charge in [-0.05, 0) is 71.3 Å². The van der Waals surface area contributed by atoms with Crippen LogP contribution in [0.15, 0.2) is 140 Å². The van der Waals surface area contributed by atoms with Gasteiger partial charge in [0.15, 0.2) is 0 Å². The van der Waals surface area contributed by atoms with Crippen LogP contribution in [-0.2, 0) is 25.5 Å². The van der Waals surface area contributed by atoms with Gasteiger partial charge >= 0.3 is 0 Å². The van der Waals surface area contributed by atoms with E-state index in [1.54, 1.807) is 0 Å². The van der Waals surface area contributed by atoms with E-state index in [0.717, 1.165) is 95.1 Å². The highest BCUT2D eigenvalue weighted by molar-refractivity contribution is 6.00. The molecule has 7 aromatic rings. The lowest BCUT2D eigenvalue weighted by atomic mass is 10.0. The molecule has 6 heterocycles. The monoisotopic (exact) mass is 832 g/mol. The summed E-state index contributed by atoms with van der Waals surface area (Å²) in [5, 5.41) is 0. The van der Waals surface area contributed by atoms with E-state index < -0.39 is 0 Å². The van der Waals surface area contributed by atoms with Crippen molar-refractivity contribution in [1.82, 2.24) is 19.5 Å². The van der Waals surface area contributed by atoms with Crippen LogP contribution >= 0.6 is 0 Å². The fourth-order valence-electron chi connectivity index (χ4n) is 8.57. The van der Waals surface area contributed by atoms with E-state index in [4.69, 9.17) is 33.7 Å². The van der Waals surface area contributed by atoms with E-state index in [9.17, 15) is 0 Å². The normalized spacial score (nSPS) is 15.0. The lowest BCUT2D eigenvalue weighted by Gasteiger charge is -2.15. The summed E-state index contributed by atoms with van der Waals surface area (Å²) >= 11 is 0. The molecule has 0 saturated heterocycles. The number of para-hydroxylation sites is 1. The molecule has 4 aromatic carbocycles. The molecule has 1 N–H and O–H groups in total. The molecule has 3 aromatic heterocycles. The van der Waals surface area contributed by atoms with E-state index in [1.165, 1.54) is 0 Å². The number of ether oxygens (including phenoxy) is 5. The van der Waals surface area contributed by atoms with Gasteiger partial charge in [0.1, 0.15) is 12.4 Å². The van der Waals surface area contributed by atoms with Crippen LogP contribution < -0.4 is 4.74 Å². The Morgan fingerprint density at radius 2 is 0.794 bits per heavy atom. The Morgan fingerprint density at radius 1 is 0.381 bits per heavy atom. The predicted molar refractivity (Wildman–Crippen MR) is 253 cm³/mol. The summed E-state index contributed by atoms with van der Waals surface area (Å²) in [7, 11) is 0. The first-order valence-electron chi connectivity index (χ1n) is 21.7. The van der Waals surface area contributed by atoms with Crippen molar-refractivity contribution in [3.63, 3.8) is 0 Å². The predicted octanol–water partition coefficient (Wildman–Crippen LogP) is 11.3. The van der Waals surface area contributed by atoms with E-state index >= 15 is 0 Å². The van der Waals surface area contributed by atoms with Gasteiger partial charge in [-0.3, -0.25) is 0 Å². The van der Waals surface area contributed by atoms with Crippen molar-refractivity contribution >= 4 is 46.4 Å². The Labute approximate surface area is 366 Å². The second-order valence-electron chi connectivity index (χ2n) is 15.4. The minimum atomic E-state index is 0.368. The summed E-state index contributed by atoms with van der Waals surface area (Å²) in [6.07, 6.45) is 8.55. The van der Waals surface area contributed by atoms with Gasteiger partial charge in [-0.1, -0.05) is 109 Å². The molecule has 0 atom stereocenters. The second kappa shape index (κ2) is 19.0. The van der Waals surface area contributed by atoms with Crippen molar-refractivity contribution in [3.8, 4) is 50.3 Å². The fourth-order valence-corrected chi connectivity index (χ4v) is 8.57. The number of H-pyrrole nitrogens is 1. The van der Waals surface area contributed by atoms with Crippen LogP contribution in [-0.4, -0.2) is 79.0 Å². The first-order valence-corrected chi connectivity index (χ1v) is 21.7. The number of nitrogens with one attached hydrogen (secondary N) is 1. The molecule has 0 aliphatic carbocycles. The quantitative estimate of drug-likeness (QED) is 0.189. The summed E-state index contributed by atoms with van der Waals surface area (Å²) < 4.78 is 32.7. The molecule has 63 heavy (non-hydrogen) atoms. The van der Waals surface area contributed by atoms with Crippen molar-refractivity contribution in [1.29, 1.82) is 0 Å². The van der Waals surface area contributed by atoms with E-state index in [-0.39, 0.29) is 0 Å². The maximum Gasteiger partial charge on any atom is 0.127 e. The van der Waals surface area contributed by atoms with Crippen LogP contribution in [0.1, 0.15) is 22.8 Å². The van der Waals surface area contributed by atoms with Crippen LogP contribution in [0.2, 0.25) is 0 Å². The minimum absolute atomic E-state index is 0.368. The van der Waals surface area contributed by atoms with E-state index in [1.807, 2.05) is 24.3 Å². The second-order valence-corrected chi connectivity index (χ2v) is 15.4. The number of benzene rings is 4. The molecule has 9 heteroatoms. The molecule has 0 fully saturated rings. The summed E-state index contributed by atoms with van der Waals surface area (Å²) in [5.41, 5.74) is 15.3. The van der Waals surface area contributed by atoms with Gasteiger partial charge < -0.3 is 33.2 Å². The summed E-state index contributed by atoms with van der Waals surface area (Å²) in [6.45, 7) is 4.64. The van der Waals surface area contributed by atoms with Crippen LogP contribution in [0.3, 0.4) is 0 Å². The van der Waals surface area contributed by atoms with Gasteiger partial charge in [-0.2, -0.15) is 0 Å². The first-order chi connectivity index (χ1) is 31.3. The molecule has 10 rings (SSSR count). The highest BCUT2D eigenvalue weighted by Gasteiger charge is 2.22. The van der Waals surface area contributed by atoms with E-state index in [2.05, 4.69) is 149 Å². The molecule has 0 radical (unpaired) electrons. The highest BCUT2D eigenvalue weighted by Crippen LogP contribution is 2.41. The zero-order chi connectivity index (χ0) is 42.2. The van der Waals surface area contributed by atoms with Gasteiger partial charge in [-0.25, -0.2) is 9.97 Å². The van der Waals surface area contributed by atoms with Crippen molar-refractivity contribution < 1.29 is 23.7 Å². The molecule has 0 saturated carbocycles. The number of hydrogen-bond acceptors (Lipinski definition) is 7. The molecule has 3 aliphatic rings. The average Bonchev–Trinajstić information content (AvgIpc) is 4.17. The molecule has 0 amide bonds. The van der Waals surface area contributed by atoms with Crippen LogP contribution in [0, 0.1) is 0 Å². The number of hydrogen-bond donors (Lipinski definition) is 1. The lowest BCUT2D eigenvalue weighted by molar-refractivity contribution is -0.00507. The maximum atomic E-state index is 6.51. The number of rotatable bonds is 3. The molecule has 10 bridgehead atoms. The highest BCUT2D eigenvalue weighted by atomic mass is 16.6. The van der Waals surface area contributed by atoms with Crippen molar-refractivity contribution in [2.45, 2.75) is 6.54 Å².